The van der Waals surface area contributed by atoms with E-state index in [1.54, 1.807) is 0 Å². The maximum absolute atomic E-state index is 3.26. The number of benzene rings is 3. The van der Waals surface area contributed by atoms with Crippen LogP contribution in [0.4, 0.5) is 11.4 Å². The topological polar surface area (TPSA) is 24.1 Å². The van der Waals surface area contributed by atoms with E-state index < -0.39 is 0 Å². The van der Waals surface area contributed by atoms with Crippen LogP contribution in [0.2, 0.25) is 0 Å². The third-order valence-electron chi connectivity index (χ3n) is 3.68. The van der Waals surface area contributed by atoms with Crippen molar-refractivity contribution in [2.45, 2.75) is 0 Å². The first kappa shape index (κ1) is 12.5. The fourth-order valence-electron chi connectivity index (χ4n) is 2.59. The molecular formula is C18H18N2. The molecule has 3 aromatic carbocycles. The quantitative estimate of drug-likeness (QED) is 0.721. The second-order valence-electron chi connectivity index (χ2n) is 4.78. The first-order valence-electron chi connectivity index (χ1n) is 6.81. The fourth-order valence-corrected chi connectivity index (χ4v) is 2.59. The van der Waals surface area contributed by atoms with Crippen molar-refractivity contribution >= 4 is 22.1 Å². The zero-order valence-electron chi connectivity index (χ0n) is 11.8. The SMILES string of the molecule is CNc1ccc(-c2ccc(NC)c3ccccc23)cc1. The fraction of sp³-hybridized carbons (Fsp3) is 0.111. The molecule has 20 heavy (non-hydrogen) atoms. The van der Waals surface area contributed by atoms with Crippen LogP contribution in [0.25, 0.3) is 21.9 Å². The first-order chi connectivity index (χ1) is 9.83. The summed E-state index contributed by atoms with van der Waals surface area (Å²) < 4.78 is 0. The highest BCUT2D eigenvalue weighted by atomic mass is 14.8. The Kier molecular flexibility index (Phi) is 3.30. The third kappa shape index (κ3) is 2.10. The van der Waals surface area contributed by atoms with Crippen molar-refractivity contribution < 1.29 is 0 Å². The number of hydrogen-bond acceptors (Lipinski definition) is 2. The van der Waals surface area contributed by atoms with Gasteiger partial charge in [-0.05, 0) is 34.7 Å². The molecule has 0 aliphatic carbocycles. The van der Waals surface area contributed by atoms with Crippen LogP contribution in [0.3, 0.4) is 0 Å². The van der Waals surface area contributed by atoms with E-state index in [9.17, 15) is 0 Å². The van der Waals surface area contributed by atoms with Crippen molar-refractivity contribution in [3.05, 3.63) is 60.7 Å². The largest absolute Gasteiger partial charge is 0.388 e. The van der Waals surface area contributed by atoms with Crippen LogP contribution in [-0.4, -0.2) is 14.1 Å². The van der Waals surface area contributed by atoms with E-state index in [4.69, 9.17) is 0 Å². The average Bonchev–Trinajstić information content (AvgIpc) is 2.54. The second kappa shape index (κ2) is 5.25. The van der Waals surface area contributed by atoms with E-state index in [1.807, 2.05) is 14.1 Å². The smallest absolute Gasteiger partial charge is 0.0417 e. The molecule has 100 valence electrons. The van der Waals surface area contributed by atoms with Gasteiger partial charge in [-0.25, -0.2) is 0 Å². The number of hydrogen-bond donors (Lipinski definition) is 2. The molecule has 0 aromatic heterocycles. The highest BCUT2D eigenvalue weighted by molar-refractivity contribution is 6.03. The van der Waals surface area contributed by atoms with Crippen LogP contribution in [0.15, 0.2) is 60.7 Å². The van der Waals surface area contributed by atoms with Crippen molar-refractivity contribution in [2.24, 2.45) is 0 Å². The average molecular weight is 262 g/mol. The summed E-state index contributed by atoms with van der Waals surface area (Å²) in [7, 11) is 3.90. The summed E-state index contributed by atoms with van der Waals surface area (Å²) in [5.41, 5.74) is 4.80. The summed E-state index contributed by atoms with van der Waals surface area (Å²) in [5.74, 6) is 0. The van der Waals surface area contributed by atoms with Gasteiger partial charge >= 0.3 is 0 Å². The van der Waals surface area contributed by atoms with Crippen molar-refractivity contribution in [3.8, 4) is 11.1 Å². The molecule has 0 bridgehead atoms. The van der Waals surface area contributed by atoms with E-state index in [0.29, 0.717) is 0 Å². The number of fused-ring (bicyclic) bond motifs is 1. The van der Waals surface area contributed by atoms with Gasteiger partial charge in [0.1, 0.15) is 0 Å². The molecule has 2 heteroatoms. The van der Waals surface area contributed by atoms with Gasteiger partial charge in [-0.15, -0.1) is 0 Å². The van der Waals surface area contributed by atoms with Crippen molar-refractivity contribution in [3.63, 3.8) is 0 Å². The lowest BCUT2D eigenvalue weighted by molar-refractivity contribution is 1.51. The van der Waals surface area contributed by atoms with E-state index in [0.717, 1.165) is 11.4 Å². The highest BCUT2D eigenvalue weighted by Crippen LogP contribution is 2.33. The van der Waals surface area contributed by atoms with Crippen LogP contribution in [0.5, 0.6) is 0 Å². The lowest BCUT2D eigenvalue weighted by Gasteiger charge is -2.11. The van der Waals surface area contributed by atoms with E-state index in [2.05, 4.69) is 71.3 Å². The summed E-state index contributed by atoms with van der Waals surface area (Å²) >= 11 is 0. The van der Waals surface area contributed by atoms with Crippen LogP contribution in [0, 0.1) is 0 Å². The Morgan fingerprint density at radius 1 is 0.650 bits per heavy atom. The second-order valence-corrected chi connectivity index (χ2v) is 4.78. The molecule has 0 heterocycles. The zero-order chi connectivity index (χ0) is 13.9. The Hall–Kier alpha value is -2.48. The Morgan fingerprint density at radius 2 is 1.35 bits per heavy atom. The van der Waals surface area contributed by atoms with Gasteiger partial charge in [0.15, 0.2) is 0 Å². The molecule has 0 fully saturated rings. The summed E-state index contributed by atoms with van der Waals surface area (Å²) in [6, 6.07) is 21.4. The van der Waals surface area contributed by atoms with E-state index >= 15 is 0 Å². The number of anilines is 2. The molecule has 2 N–H and O–H groups in total. The Bertz CT molecular complexity index is 730. The molecule has 0 spiro atoms. The summed E-state index contributed by atoms with van der Waals surface area (Å²) in [5, 5.41) is 8.94. The molecule has 3 rings (SSSR count). The zero-order valence-corrected chi connectivity index (χ0v) is 11.8. The van der Waals surface area contributed by atoms with Crippen LogP contribution < -0.4 is 10.6 Å². The Labute approximate surface area is 119 Å². The minimum Gasteiger partial charge on any atom is -0.388 e. The van der Waals surface area contributed by atoms with Gasteiger partial charge in [-0.2, -0.15) is 0 Å². The number of rotatable bonds is 3. The van der Waals surface area contributed by atoms with Crippen molar-refractivity contribution in [2.75, 3.05) is 24.7 Å². The summed E-state index contributed by atoms with van der Waals surface area (Å²) in [6.45, 7) is 0. The van der Waals surface area contributed by atoms with Crippen LogP contribution in [-0.2, 0) is 0 Å². The predicted octanol–water partition coefficient (Wildman–Crippen LogP) is 4.59. The van der Waals surface area contributed by atoms with Crippen molar-refractivity contribution in [1.29, 1.82) is 0 Å². The van der Waals surface area contributed by atoms with Gasteiger partial charge in [-0.1, -0.05) is 42.5 Å². The van der Waals surface area contributed by atoms with E-state index in [-0.39, 0.29) is 0 Å². The van der Waals surface area contributed by atoms with Gasteiger partial charge in [0.2, 0.25) is 0 Å². The number of nitrogens with one attached hydrogen (secondary N) is 2. The molecule has 3 aromatic rings. The molecular weight excluding hydrogens is 244 g/mol. The van der Waals surface area contributed by atoms with Gasteiger partial charge < -0.3 is 10.6 Å². The standard InChI is InChI=1S/C18H18N2/c1-19-14-9-7-13(8-10-14)15-11-12-18(20-2)17-6-4-3-5-16(15)17/h3-12,19-20H,1-2H3. The van der Waals surface area contributed by atoms with Gasteiger partial charge in [0.25, 0.3) is 0 Å². The Morgan fingerprint density at radius 3 is 2.00 bits per heavy atom. The molecule has 0 saturated carbocycles. The Balaban J connectivity index is 2.20. The highest BCUT2D eigenvalue weighted by Gasteiger charge is 2.06. The maximum atomic E-state index is 3.26. The predicted molar refractivity (Wildman–Crippen MR) is 88.5 cm³/mol. The van der Waals surface area contributed by atoms with Gasteiger partial charge in [-0.3, -0.25) is 0 Å². The molecule has 0 radical (unpaired) electrons. The third-order valence-corrected chi connectivity index (χ3v) is 3.68. The molecule has 0 saturated heterocycles. The first-order valence-corrected chi connectivity index (χ1v) is 6.81. The maximum Gasteiger partial charge on any atom is 0.0417 e. The molecule has 0 aliphatic heterocycles. The monoisotopic (exact) mass is 262 g/mol. The minimum atomic E-state index is 1.13. The van der Waals surface area contributed by atoms with Crippen LogP contribution >= 0.6 is 0 Å². The van der Waals surface area contributed by atoms with E-state index in [1.165, 1.54) is 21.9 Å². The van der Waals surface area contributed by atoms with Gasteiger partial charge in [0, 0.05) is 30.9 Å². The molecule has 0 atom stereocenters. The lowest BCUT2D eigenvalue weighted by atomic mass is 9.97. The minimum absolute atomic E-state index is 1.13. The summed E-state index contributed by atoms with van der Waals surface area (Å²) in [4.78, 5) is 0. The molecule has 2 nitrogen and oxygen atoms in total. The normalized spacial score (nSPS) is 10.5. The van der Waals surface area contributed by atoms with Crippen molar-refractivity contribution in [1.82, 2.24) is 0 Å². The van der Waals surface area contributed by atoms with Crippen LogP contribution in [0.1, 0.15) is 0 Å². The lowest BCUT2D eigenvalue weighted by Crippen LogP contribution is -1.91. The van der Waals surface area contributed by atoms with Gasteiger partial charge in [0.05, 0.1) is 0 Å². The molecule has 0 amide bonds. The summed E-state index contributed by atoms with van der Waals surface area (Å²) in [6.07, 6.45) is 0. The molecule has 0 unspecified atom stereocenters. The molecule has 0 aliphatic rings.